The molecule has 0 spiro atoms. The highest BCUT2D eigenvalue weighted by atomic mass is 19.1. The number of carbonyl (C=O) groups is 1. The molecule has 1 N–H and O–H groups in total. The molecule has 0 aromatic heterocycles. The van der Waals surface area contributed by atoms with Crippen LogP contribution in [0.2, 0.25) is 0 Å². The van der Waals surface area contributed by atoms with E-state index in [1.807, 2.05) is 30.3 Å². The minimum absolute atomic E-state index is 0.124. The summed E-state index contributed by atoms with van der Waals surface area (Å²) in [6.07, 6.45) is 1.73. The maximum Gasteiger partial charge on any atom is 0.231 e. The minimum Gasteiger partial charge on any atom is -0.507 e. The molecule has 3 aromatic carbocycles. The van der Waals surface area contributed by atoms with E-state index in [4.69, 9.17) is 4.74 Å². The van der Waals surface area contributed by atoms with Crippen molar-refractivity contribution in [2.75, 3.05) is 31.1 Å². The SMILES string of the molecule is O=C1/C(=C/c2ccccc2)Oc2c1ccc(O)c2CN1CCN(c2ccc(F)cc2)CC1. The van der Waals surface area contributed by atoms with E-state index in [1.165, 1.54) is 12.1 Å². The second-order valence-electron chi connectivity index (χ2n) is 8.03. The van der Waals surface area contributed by atoms with Crippen LogP contribution in [-0.2, 0) is 6.54 Å². The first-order valence-corrected chi connectivity index (χ1v) is 10.7. The number of benzene rings is 3. The summed E-state index contributed by atoms with van der Waals surface area (Å²) < 4.78 is 19.1. The lowest BCUT2D eigenvalue weighted by atomic mass is 10.0. The molecular weight excluding hydrogens is 407 g/mol. The fourth-order valence-corrected chi connectivity index (χ4v) is 4.19. The Labute approximate surface area is 186 Å². The number of fused-ring (bicyclic) bond motifs is 1. The zero-order chi connectivity index (χ0) is 22.1. The Morgan fingerprint density at radius 2 is 1.66 bits per heavy atom. The highest BCUT2D eigenvalue weighted by molar-refractivity contribution is 6.15. The summed E-state index contributed by atoms with van der Waals surface area (Å²) in [6, 6.07) is 19.3. The number of phenols is 1. The third-order valence-electron chi connectivity index (χ3n) is 5.96. The van der Waals surface area contributed by atoms with Crippen molar-refractivity contribution < 1.29 is 19.0 Å². The van der Waals surface area contributed by atoms with Gasteiger partial charge < -0.3 is 14.7 Å². The summed E-state index contributed by atoms with van der Waals surface area (Å²) in [4.78, 5) is 17.3. The first-order chi connectivity index (χ1) is 15.6. The van der Waals surface area contributed by atoms with Gasteiger partial charge in [-0.2, -0.15) is 0 Å². The van der Waals surface area contributed by atoms with Crippen LogP contribution in [0.5, 0.6) is 11.5 Å². The first kappa shape index (κ1) is 20.3. The van der Waals surface area contributed by atoms with E-state index < -0.39 is 0 Å². The molecule has 0 amide bonds. The molecule has 32 heavy (non-hydrogen) atoms. The van der Waals surface area contributed by atoms with Gasteiger partial charge in [0.15, 0.2) is 5.76 Å². The van der Waals surface area contributed by atoms with Crippen LogP contribution >= 0.6 is 0 Å². The van der Waals surface area contributed by atoms with E-state index in [0.29, 0.717) is 23.4 Å². The molecule has 0 unspecified atom stereocenters. The molecule has 0 bridgehead atoms. The normalized spacial score (nSPS) is 17.5. The van der Waals surface area contributed by atoms with Crippen LogP contribution in [0, 0.1) is 5.82 Å². The summed E-state index contributed by atoms with van der Waals surface area (Å²) in [5.41, 5.74) is 2.98. The molecule has 1 fully saturated rings. The number of ether oxygens (including phenoxy) is 1. The molecule has 5 rings (SSSR count). The van der Waals surface area contributed by atoms with Crippen molar-refractivity contribution in [1.29, 1.82) is 0 Å². The Balaban J connectivity index is 1.32. The number of rotatable bonds is 4. The molecule has 5 nitrogen and oxygen atoms in total. The van der Waals surface area contributed by atoms with Gasteiger partial charge >= 0.3 is 0 Å². The Kier molecular flexibility index (Phi) is 5.37. The number of piperazine rings is 1. The van der Waals surface area contributed by atoms with Crippen LogP contribution in [0.3, 0.4) is 0 Å². The molecule has 0 aliphatic carbocycles. The number of ketones is 1. The highest BCUT2D eigenvalue weighted by Crippen LogP contribution is 2.40. The van der Waals surface area contributed by atoms with Gasteiger partial charge in [0.05, 0.1) is 11.1 Å². The van der Waals surface area contributed by atoms with E-state index in [2.05, 4.69) is 9.80 Å². The third-order valence-corrected chi connectivity index (χ3v) is 5.96. The van der Waals surface area contributed by atoms with Crippen molar-refractivity contribution in [3.05, 3.63) is 95.0 Å². The average molecular weight is 430 g/mol. The summed E-state index contributed by atoms with van der Waals surface area (Å²) in [5, 5.41) is 10.5. The van der Waals surface area contributed by atoms with Gasteiger partial charge in [-0.3, -0.25) is 9.69 Å². The van der Waals surface area contributed by atoms with E-state index in [0.717, 1.165) is 37.4 Å². The van der Waals surface area contributed by atoms with E-state index in [1.54, 1.807) is 30.3 Å². The van der Waals surface area contributed by atoms with Gasteiger partial charge in [0.25, 0.3) is 0 Å². The molecule has 6 heteroatoms. The number of hydrogen-bond donors (Lipinski definition) is 1. The number of hydrogen-bond acceptors (Lipinski definition) is 5. The lowest BCUT2D eigenvalue weighted by Crippen LogP contribution is -2.46. The molecule has 1 saturated heterocycles. The van der Waals surface area contributed by atoms with Crippen molar-refractivity contribution in [2.24, 2.45) is 0 Å². The number of allylic oxidation sites excluding steroid dienone is 1. The molecule has 2 heterocycles. The molecule has 2 aliphatic heterocycles. The lowest BCUT2D eigenvalue weighted by Gasteiger charge is -2.36. The van der Waals surface area contributed by atoms with E-state index in [-0.39, 0.29) is 23.1 Å². The number of phenolic OH excluding ortho intramolecular Hbond substituents is 1. The second kappa shape index (κ2) is 8.48. The van der Waals surface area contributed by atoms with Crippen molar-refractivity contribution in [3.63, 3.8) is 0 Å². The quantitative estimate of drug-likeness (QED) is 0.619. The average Bonchev–Trinajstić information content (AvgIpc) is 3.13. The summed E-state index contributed by atoms with van der Waals surface area (Å²) in [6.45, 7) is 3.63. The van der Waals surface area contributed by atoms with Gasteiger partial charge in [-0.1, -0.05) is 30.3 Å². The van der Waals surface area contributed by atoms with Crippen LogP contribution in [0.15, 0.2) is 72.5 Å². The smallest absolute Gasteiger partial charge is 0.231 e. The third kappa shape index (κ3) is 3.97. The fraction of sp³-hybridized carbons (Fsp3) is 0.192. The van der Waals surface area contributed by atoms with Gasteiger partial charge in [0.1, 0.15) is 17.3 Å². The molecule has 162 valence electrons. The zero-order valence-electron chi connectivity index (χ0n) is 17.5. The maximum absolute atomic E-state index is 13.2. The van der Waals surface area contributed by atoms with Gasteiger partial charge in [-0.25, -0.2) is 4.39 Å². The summed E-state index contributed by atoms with van der Waals surface area (Å²) >= 11 is 0. The summed E-state index contributed by atoms with van der Waals surface area (Å²) in [7, 11) is 0. The number of halogens is 1. The predicted octanol–water partition coefficient (Wildman–Crippen LogP) is 4.47. The Hall–Kier alpha value is -3.64. The van der Waals surface area contributed by atoms with Gasteiger partial charge in [0, 0.05) is 38.4 Å². The number of nitrogens with zero attached hydrogens (tertiary/aromatic N) is 2. The van der Waals surface area contributed by atoms with Crippen LogP contribution < -0.4 is 9.64 Å². The standard InChI is InChI=1S/C26H23FN2O3/c27-19-6-8-20(9-7-19)29-14-12-28(13-15-29)17-22-23(30)11-10-21-25(31)24(32-26(21)22)16-18-4-2-1-3-5-18/h1-11,16,30H,12-15,17H2/b24-16-. The molecule has 0 radical (unpaired) electrons. The maximum atomic E-state index is 13.2. The van der Waals surface area contributed by atoms with Crippen LogP contribution in [0.25, 0.3) is 6.08 Å². The van der Waals surface area contributed by atoms with E-state index in [9.17, 15) is 14.3 Å². The van der Waals surface area contributed by atoms with Crippen molar-refractivity contribution in [3.8, 4) is 11.5 Å². The largest absolute Gasteiger partial charge is 0.507 e. The van der Waals surface area contributed by atoms with Crippen LogP contribution in [-0.4, -0.2) is 42.0 Å². The second-order valence-corrected chi connectivity index (χ2v) is 8.03. The number of Topliss-reactive ketones (excluding diaryl/α,β-unsaturated/α-hetero) is 1. The van der Waals surface area contributed by atoms with Crippen LogP contribution in [0.1, 0.15) is 21.5 Å². The van der Waals surface area contributed by atoms with Crippen molar-refractivity contribution in [1.82, 2.24) is 4.90 Å². The Bertz CT molecular complexity index is 1170. The van der Waals surface area contributed by atoms with Crippen molar-refractivity contribution >= 4 is 17.5 Å². The van der Waals surface area contributed by atoms with Gasteiger partial charge in [-0.15, -0.1) is 0 Å². The molecule has 2 aliphatic rings. The Morgan fingerprint density at radius 3 is 2.38 bits per heavy atom. The van der Waals surface area contributed by atoms with E-state index >= 15 is 0 Å². The van der Waals surface area contributed by atoms with Gasteiger partial charge in [0.2, 0.25) is 5.78 Å². The highest BCUT2D eigenvalue weighted by Gasteiger charge is 2.32. The summed E-state index contributed by atoms with van der Waals surface area (Å²) in [5.74, 6) is 0.415. The predicted molar refractivity (Wildman–Crippen MR) is 121 cm³/mol. The number of aromatic hydroxyl groups is 1. The zero-order valence-corrected chi connectivity index (χ0v) is 17.5. The number of carbonyl (C=O) groups excluding carboxylic acids is 1. The topological polar surface area (TPSA) is 53.0 Å². The monoisotopic (exact) mass is 430 g/mol. The van der Waals surface area contributed by atoms with Crippen molar-refractivity contribution in [2.45, 2.75) is 6.54 Å². The van der Waals surface area contributed by atoms with Gasteiger partial charge in [-0.05, 0) is 48.0 Å². The first-order valence-electron chi connectivity index (χ1n) is 10.7. The fourth-order valence-electron chi connectivity index (χ4n) is 4.19. The molecule has 0 atom stereocenters. The lowest BCUT2D eigenvalue weighted by molar-refractivity contribution is 0.101. The Morgan fingerprint density at radius 1 is 0.938 bits per heavy atom. The van der Waals surface area contributed by atoms with Crippen LogP contribution in [0.4, 0.5) is 10.1 Å². The molecular formula is C26H23FN2O3. The molecule has 3 aromatic rings. The molecule has 0 saturated carbocycles. The minimum atomic E-state index is -0.240. The number of anilines is 1.